The Bertz CT molecular complexity index is 961. The molecule has 2 heterocycles. The summed E-state index contributed by atoms with van der Waals surface area (Å²) in [4.78, 5) is 15.3. The van der Waals surface area contributed by atoms with Gasteiger partial charge in [-0.05, 0) is 48.2 Å². The first-order valence-corrected chi connectivity index (χ1v) is 9.56. The molecule has 0 N–H and O–H groups in total. The molecule has 2 aromatic rings. The van der Waals surface area contributed by atoms with Crippen molar-refractivity contribution < 1.29 is 19.0 Å². The second kappa shape index (κ2) is 7.32. The Hall–Kier alpha value is -2.79. The van der Waals surface area contributed by atoms with Crippen LogP contribution in [-0.4, -0.2) is 31.1 Å². The number of benzene rings is 2. The number of Topliss-reactive ketones (excluding diaryl/α,β-unsaturated/α-hetero) is 1. The summed E-state index contributed by atoms with van der Waals surface area (Å²) in [5.41, 5.74) is 3.34. The first-order valence-electron chi connectivity index (χ1n) is 9.56. The molecule has 0 unspecified atom stereocenters. The first-order chi connectivity index (χ1) is 13.5. The summed E-state index contributed by atoms with van der Waals surface area (Å²) in [5, 5.41) is 0. The molecule has 2 aliphatic heterocycles. The van der Waals surface area contributed by atoms with Crippen LogP contribution in [0.3, 0.4) is 0 Å². The van der Waals surface area contributed by atoms with Crippen LogP contribution in [0, 0.1) is 12.8 Å². The summed E-state index contributed by atoms with van der Waals surface area (Å²) >= 11 is 0. The number of ether oxygens (including phenoxy) is 3. The summed E-state index contributed by atoms with van der Waals surface area (Å²) in [6.45, 7) is 8.51. The molecular weight excluding hydrogens is 354 g/mol. The lowest BCUT2D eigenvalue weighted by molar-refractivity contribution is 0.0831. The lowest BCUT2D eigenvalue weighted by atomic mass is 9.98. The van der Waals surface area contributed by atoms with E-state index in [4.69, 9.17) is 14.2 Å². The molecule has 0 saturated carbocycles. The highest BCUT2D eigenvalue weighted by Crippen LogP contribution is 2.44. The Morgan fingerprint density at radius 1 is 1.29 bits per heavy atom. The Morgan fingerprint density at radius 3 is 2.86 bits per heavy atom. The molecule has 5 nitrogen and oxygen atoms in total. The second-order valence-corrected chi connectivity index (χ2v) is 7.77. The smallest absolute Gasteiger partial charge is 0.232 e. The molecule has 0 atom stereocenters. The van der Waals surface area contributed by atoms with E-state index in [0.29, 0.717) is 29.7 Å². The number of rotatable bonds is 4. The summed E-state index contributed by atoms with van der Waals surface area (Å²) < 4.78 is 17.3. The fourth-order valence-electron chi connectivity index (χ4n) is 3.79. The molecule has 0 saturated heterocycles. The first kappa shape index (κ1) is 18.6. The van der Waals surface area contributed by atoms with E-state index in [0.717, 1.165) is 41.3 Å². The largest absolute Gasteiger partial charge is 0.497 e. The van der Waals surface area contributed by atoms with Gasteiger partial charge in [0.25, 0.3) is 0 Å². The highest BCUT2D eigenvalue weighted by molar-refractivity contribution is 6.15. The minimum Gasteiger partial charge on any atom is -0.497 e. The maximum Gasteiger partial charge on any atom is 0.232 e. The third-order valence-electron chi connectivity index (χ3n) is 5.00. The summed E-state index contributed by atoms with van der Waals surface area (Å²) in [6, 6.07) is 9.52. The fraction of sp³-hybridized carbons (Fsp3) is 0.348. The maximum absolute atomic E-state index is 13.0. The molecule has 2 aromatic carbocycles. The average molecular weight is 379 g/mol. The number of methoxy groups -OCH3 is 1. The molecule has 5 heteroatoms. The average Bonchev–Trinajstić information content (AvgIpc) is 2.99. The SMILES string of the molecule is COc1cccc(/C=C2\Oc3c4c(cc(C)c3C2=O)OCN(CC(C)C)C4)c1. The van der Waals surface area contributed by atoms with Gasteiger partial charge in [-0.1, -0.05) is 26.0 Å². The summed E-state index contributed by atoms with van der Waals surface area (Å²) in [6.07, 6.45) is 1.77. The molecule has 146 valence electrons. The van der Waals surface area contributed by atoms with Crippen LogP contribution in [-0.2, 0) is 6.54 Å². The quantitative estimate of drug-likeness (QED) is 0.736. The predicted octanol–water partition coefficient (Wildman–Crippen LogP) is 4.43. The molecule has 0 amide bonds. The fourth-order valence-corrected chi connectivity index (χ4v) is 3.79. The molecule has 2 aliphatic rings. The Kier molecular flexibility index (Phi) is 4.85. The third kappa shape index (κ3) is 3.38. The molecule has 0 fully saturated rings. The van der Waals surface area contributed by atoms with E-state index < -0.39 is 0 Å². The maximum atomic E-state index is 13.0. The number of fused-ring (bicyclic) bond motifs is 3. The van der Waals surface area contributed by atoms with Gasteiger partial charge in [-0.2, -0.15) is 0 Å². The third-order valence-corrected chi connectivity index (χ3v) is 5.00. The van der Waals surface area contributed by atoms with Gasteiger partial charge in [-0.3, -0.25) is 9.69 Å². The molecule has 0 aromatic heterocycles. The van der Waals surface area contributed by atoms with Crippen molar-refractivity contribution in [3.05, 3.63) is 58.3 Å². The standard InChI is InChI=1S/C23H25NO4/c1-14(2)11-24-12-18-19(27-13-24)8-15(3)21-22(25)20(28-23(18)21)10-16-6-5-7-17(9-16)26-4/h5-10,14H,11-13H2,1-4H3/b20-10-. The van der Waals surface area contributed by atoms with Gasteiger partial charge in [0, 0.05) is 13.1 Å². The van der Waals surface area contributed by atoms with Gasteiger partial charge in [-0.25, -0.2) is 0 Å². The Labute approximate surface area is 165 Å². The van der Waals surface area contributed by atoms with Crippen LogP contribution in [0.1, 0.15) is 40.9 Å². The zero-order valence-electron chi connectivity index (χ0n) is 16.7. The van der Waals surface area contributed by atoms with Crippen LogP contribution in [0.2, 0.25) is 0 Å². The molecule has 0 bridgehead atoms. The minimum absolute atomic E-state index is 0.0842. The number of hydrogen-bond donors (Lipinski definition) is 0. The van der Waals surface area contributed by atoms with Gasteiger partial charge in [0.05, 0.1) is 18.2 Å². The van der Waals surface area contributed by atoms with Gasteiger partial charge >= 0.3 is 0 Å². The van der Waals surface area contributed by atoms with Crippen LogP contribution < -0.4 is 14.2 Å². The van der Waals surface area contributed by atoms with Gasteiger partial charge in [-0.15, -0.1) is 0 Å². The van der Waals surface area contributed by atoms with Crippen molar-refractivity contribution in [3.8, 4) is 17.2 Å². The monoisotopic (exact) mass is 379 g/mol. The van der Waals surface area contributed by atoms with Crippen molar-refractivity contribution in [1.29, 1.82) is 0 Å². The normalized spacial score (nSPS) is 17.3. The van der Waals surface area contributed by atoms with E-state index in [-0.39, 0.29) is 5.78 Å². The van der Waals surface area contributed by atoms with E-state index in [2.05, 4.69) is 18.7 Å². The number of ketones is 1. The van der Waals surface area contributed by atoms with E-state index in [1.54, 1.807) is 13.2 Å². The number of carbonyl (C=O) groups is 1. The van der Waals surface area contributed by atoms with Crippen LogP contribution in [0.25, 0.3) is 6.08 Å². The van der Waals surface area contributed by atoms with Crippen LogP contribution in [0.5, 0.6) is 17.2 Å². The highest BCUT2D eigenvalue weighted by atomic mass is 16.5. The van der Waals surface area contributed by atoms with E-state index in [1.165, 1.54) is 0 Å². The van der Waals surface area contributed by atoms with Crippen LogP contribution in [0.4, 0.5) is 0 Å². The van der Waals surface area contributed by atoms with Gasteiger partial charge in [0.1, 0.15) is 24.0 Å². The second-order valence-electron chi connectivity index (χ2n) is 7.77. The number of allylic oxidation sites excluding steroid dienone is 1. The number of carbonyl (C=O) groups excluding carboxylic acids is 1. The number of aryl methyl sites for hydroxylation is 1. The van der Waals surface area contributed by atoms with Gasteiger partial charge in [0.2, 0.25) is 5.78 Å². The number of hydrogen-bond acceptors (Lipinski definition) is 5. The molecule has 28 heavy (non-hydrogen) atoms. The van der Waals surface area contributed by atoms with E-state index in [1.807, 2.05) is 37.3 Å². The lowest BCUT2D eigenvalue weighted by Gasteiger charge is -2.31. The van der Waals surface area contributed by atoms with Gasteiger partial charge < -0.3 is 14.2 Å². The molecule has 0 aliphatic carbocycles. The van der Waals surface area contributed by atoms with Crippen molar-refractivity contribution in [2.45, 2.75) is 27.3 Å². The van der Waals surface area contributed by atoms with Crippen LogP contribution >= 0.6 is 0 Å². The van der Waals surface area contributed by atoms with Crippen molar-refractivity contribution in [2.24, 2.45) is 5.92 Å². The summed E-state index contributed by atoms with van der Waals surface area (Å²) in [5.74, 6) is 2.98. The zero-order valence-corrected chi connectivity index (χ0v) is 16.7. The Morgan fingerprint density at radius 2 is 2.11 bits per heavy atom. The number of nitrogens with zero attached hydrogens (tertiary/aromatic N) is 1. The Balaban J connectivity index is 1.70. The molecule has 0 radical (unpaired) electrons. The van der Waals surface area contributed by atoms with Crippen LogP contribution in [0.15, 0.2) is 36.1 Å². The van der Waals surface area contributed by atoms with Gasteiger partial charge in [0.15, 0.2) is 5.76 Å². The van der Waals surface area contributed by atoms with E-state index >= 15 is 0 Å². The van der Waals surface area contributed by atoms with Crippen molar-refractivity contribution in [3.63, 3.8) is 0 Å². The minimum atomic E-state index is -0.0842. The van der Waals surface area contributed by atoms with Crippen molar-refractivity contribution in [2.75, 3.05) is 20.4 Å². The topological polar surface area (TPSA) is 48.0 Å². The van der Waals surface area contributed by atoms with Crippen molar-refractivity contribution in [1.82, 2.24) is 4.90 Å². The summed E-state index contributed by atoms with van der Waals surface area (Å²) in [7, 11) is 1.62. The highest BCUT2D eigenvalue weighted by Gasteiger charge is 2.35. The van der Waals surface area contributed by atoms with E-state index in [9.17, 15) is 4.79 Å². The zero-order chi connectivity index (χ0) is 19.8. The molecule has 4 rings (SSSR count). The lowest BCUT2D eigenvalue weighted by Crippen LogP contribution is -2.35. The van der Waals surface area contributed by atoms with Crippen molar-refractivity contribution >= 4 is 11.9 Å². The molecular formula is C23H25NO4. The predicted molar refractivity (Wildman–Crippen MR) is 108 cm³/mol. The molecule has 0 spiro atoms.